The number of hydrogen-bond donors (Lipinski definition) is 1. The van der Waals surface area contributed by atoms with Crippen molar-refractivity contribution in [2.24, 2.45) is 0 Å². The van der Waals surface area contributed by atoms with Gasteiger partial charge in [-0.05, 0) is 42.0 Å². The van der Waals surface area contributed by atoms with Crippen molar-refractivity contribution in [1.29, 1.82) is 0 Å². The lowest BCUT2D eigenvalue weighted by atomic mass is 10.1. The molecule has 3 heterocycles. The van der Waals surface area contributed by atoms with Gasteiger partial charge in [-0.15, -0.1) is 0 Å². The summed E-state index contributed by atoms with van der Waals surface area (Å²) in [5.74, 6) is 1.28. The molecule has 1 aromatic carbocycles. The summed E-state index contributed by atoms with van der Waals surface area (Å²) in [6, 6.07) is 7.15. The van der Waals surface area contributed by atoms with Gasteiger partial charge in [-0.2, -0.15) is 0 Å². The number of hydrogen-bond acceptors (Lipinski definition) is 4. The van der Waals surface area contributed by atoms with Crippen LogP contribution in [0.5, 0.6) is 5.75 Å². The van der Waals surface area contributed by atoms with Crippen molar-refractivity contribution in [2.75, 3.05) is 6.61 Å². The first kappa shape index (κ1) is 14.7. The van der Waals surface area contributed by atoms with Crippen LogP contribution in [0.2, 0.25) is 5.02 Å². The zero-order valence-electron chi connectivity index (χ0n) is 12.5. The molecular formula is C18H12ClN3O2. The van der Waals surface area contributed by atoms with Gasteiger partial charge in [0.25, 0.3) is 5.56 Å². The van der Waals surface area contributed by atoms with Gasteiger partial charge in [0, 0.05) is 16.8 Å². The maximum Gasteiger partial charge on any atom is 0.259 e. The van der Waals surface area contributed by atoms with Crippen LogP contribution in [0, 0.1) is 0 Å². The molecule has 0 bridgehead atoms. The molecule has 0 radical (unpaired) electrons. The second-order valence-electron chi connectivity index (χ2n) is 5.37. The lowest BCUT2D eigenvalue weighted by Crippen LogP contribution is -2.10. The second kappa shape index (κ2) is 5.94. The summed E-state index contributed by atoms with van der Waals surface area (Å²) in [4.78, 5) is 23.2. The SMILES string of the molecule is O=c1[nH]c(/C=C/C2=Cc3cc(Cl)ccc3OC2)nc2cnccc12. The molecule has 5 nitrogen and oxygen atoms in total. The van der Waals surface area contributed by atoms with Gasteiger partial charge in [-0.3, -0.25) is 9.78 Å². The van der Waals surface area contributed by atoms with E-state index in [4.69, 9.17) is 16.3 Å². The first-order valence-corrected chi connectivity index (χ1v) is 7.72. The van der Waals surface area contributed by atoms with Crippen LogP contribution >= 0.6 is 11.6 Å². The highest BCUT2D eigenvalue weighted by atomic mass is 35.5. The Morgan fingerprint density at radius 3 is 3.08 bits per heavy atom. The highest BCUT2D eigenvalue weighted by Crippen LogP contribution is 2.29. The van der Waals surface area contributed by atoms with Crippen molar-refractivity contribution >= 4 is 34.7 Å². The van der Waals surface area contributed by atoms with Crippen LogP contribution in [0.1, 0.15) is 11.4 Å². The van der Waals surface area contributed by atoms with E-state index in [0.717, 1.165) is 16.9 Å². The molecular weight excluding hydrogens is 326 g/mol. The summed E-state index contributed by atoms with van der Waals surface area (Å²) in [5.41, 5.74) is 2.26. The van der Waals surface area contributed by atoms with Gasteiger partial charge in [-0.25, -0.2) is 4.98 Å². The van der Waals surface area contributed by atoms with E-state index in [1.165, 1.54) is 0 Å². The zero-order chi connectivity index (χ0) is 16.5. The van der Waals surface area contributed by atoms with Crippen molar-refractivity contribution in [3.63, 3.8) is 0 Å². The maximum atomic E-state index is 12.0. The maximum absolute atomic E-state index is 12.0. The lowest BCUT2D eigenvalue weighted by molar-refractivity contribution is 0.351. The van der Waals surface area contributed by atoms with E-state index >= 15 is 0 Å². The van der Waals surface area contributed by atoms with Gasteiger partial charge in [0.2, 0.25) is 0 Å². The monoisotopic (exact) mass is 337 g/mol. The molecule has 4 rings (SSSR count). The van der Waals surface area contributed by atoms with Crippen LogP contribution in [0.3, 0.4) is 0 Å². The van der Waals surface area contributed by atoms with E-state index in [1.54, 1.807) is 30.6 Å². The Labute approximate surface area is 142 Å². The third-order valence-electron chi connectivity index (χ3n) is 3.69. The Balaban J connectivity index is 1.67. The number of nitrogens with zero attached hydrogens (tertiary/aromatic N) is 2. The Hall–Kier alpha value is -2.92. The Morgan fingerprint density at radius 1 is 1.25 bits per heavy atom. The summed E-state index contributed by atoms with van der Waals surface area (Å²) in [5, 5.41) is 1.18. The summed E-state index contributed by atoms with van der Waals surface area (Å²) in [7, 11) is 0. The largest absolute Gasteiger partial charge is 0.488 e. The molecule has 1 N–H and O–H groups in total. The fourth-order valence-electron chi connectivity index (χ4n) is 2.54. The average Bonchev–Trinajstić information content (AvgIpc) is 2.59. The normalized spacial score (nSPS) is 13.6. The number of aromatic nitrogens is 3. The zero-order valence-corrected chi connectivity index (χ0v) is 13.2. The molecule has 2 aromatic heterocycles. The van der Waals surface area contributed by atoms with E-state index in [-0.39, 0.29) is 5.56 Å². The number of halogens is 1. The minimum Gasteiger partial charge on any atom is -0.488 e. The minimum absolute atomic E-state index is 0.187. The Kier molecular flexibility index (Phi) is 3.63. The van der Waals surface area contributed by atoms with Crippen molar-refractivity contribution in [3.8, 4) is 5.75 Å². The van der Waals surface area contributed by atoms with Crippen LogP contribution in [-0.2, 0) is 0 Å². The molecule has 0 aliphatic carbocycles. The summed E-state index contributed by atoms with van der Waals surface area (Å²) >= 11 is 6.01. The second-order valence-corrected chi connectivity index (χ2v) is 5.80. The first-order chi connectivity index (χ1) is 11.7. The van der Waals surface area contributed by atoms with Gasteiger partial charge in [0.05, 0.1) is 17.1 Å². The Bertz CT molecular complexity index is 1050. The van der Waals surface area contributed by atoms with Gasteiger partial charge in [0.1, 0.15) is 18.2 Å². The molecule has 0 atom stereocenters. The number of benzene rings is 1. The number of pyridine rings is 1. The summed E-state index contributed by atoms with van der Waals surface area (Å²) < 4.78 is 5.69. The van der Waals surface area contributed by atoms with Crippen LogP contribution in [0.15, 0.2) is 53.1 Å². The highest BCUT2D eigenvalue weighted by molar-refractivity contribution is 6.30. The standard InChI is InChI=1S/C18H12ClN3O2/c19-13-2-3-16-12(8-13)7-11(10-24-16)1-4-17-21-15-9-20-6-5-14(15)18(23)22-17/h1-9H,10H2,(H,21,22,23)/b4-1+. The van der Waals surface area contributed by atoms with E-state index in [0.29, 0.717) is 28.4 Å². The molecule has 6 heteroatoms. The molecule has 0 spiro atoms. The van der Waals surface area contributed by atoms with Gasteiger partial charge < -0.3 is 9.72 Å². The number of aromatic amines is 1. The number of H-pyrrole nitrogens is 1. The molecule has 0 saturated carbocycles. The van der Waals surface area contributed by atoms with Crippen LogP contribution in [0.4, 0.5) is 0 Å². The van der Waals surface area contributed by atoms with Crippen molar-refractivity contribution < 1.29 is 4.74 Å². The molecule has 1 aliphatic rings. The molecule has 24 heavy (non-hydrogen) atoms. The number of fused-ring (bicyclic) bond motifs is 2. The van der Waals surface area contributed by atoms with Gasteiger partial charge in [-0.1, -0.05) is 17.7 Å². The predicted octanol–water partition coefficient (Wildman–Crippen LogP) is 3.46. The lowest BCUT2D eigenvalue weighted by Gasteiger charge is -2.16. The predicted molar refractivity (Wildman–Crippen MR) is 94.1 cm³/mol. The third kappa shape index (κ3) is 2.81. The topological polar surface area (TPSA) is 67.9 Å². The summed E-state index contributed by atoms with van der Waals surface area (Å²) in [6.07, 6.45) is 8.76. The number of rotatable bonds is 2. The molecule has 0 unspecified atom stereocenters. The molecule has 118 valence electrons. The van der Waals surface area contributed by atoms with E-state index in [1.807, 2.05) is 24.3 Å². The van der Waals surface area contributed by atoms with Gasteiger partial charge in [0.15, 0.2) is 0 Å². The van der Waals surface area contributed by atoms with Crippen molar-refractivity contribution in [1.82, 2.24) is 15.0 Å². The highest BCUT2D eigenvalue weighted by Gasteiger charge is 2.10. The van der Waals surface area contributed by atoms with E-state index in [2.05, 4.69) is 15.0 Å². The van der Waals surface area contributed by atoms with Crippen LogP contribution in [-0.4, -0.2) is 21.6 Å². The quantitative estimate of drug-likeness (QED) is 0.777. The fourth-order valence-corrected chi connectivity index (χ4v) is 2.72. The van der Waals surface area contributed by atoms with Gasteiger partial charge >= 0.3 is 0 Å². The van der Waals surface area contributed by atoms with Crippen molar-refractivity contribution in [2.45, 2.75) is 0 Å². The Morgan fingerprint density at radius 2 is 2.17 bits per heavy atom. The molecule has 0 amide bonds. The van der Waals surface area contributed by atoms with Crippen molar-refractivity contribution in [3.05, 3.63) is 75.1 Å². The minimum atomic E-state index is -0.187. The summed E-state index contributed by atoms with van der Waals surface area (Å²) in [6.45, 7) is 0.449. The average molecular weight is 338 g/mol. The van der Waals surface area contributed by atoms with E-state index < -0.39 is 0 Å². The molecule has 1 aliphatic heterocycles. The number of nitrogens with one attached hydrogen (secondary N) is 1. The molecule has 0 saturated heterocycles. The fraction of sp³-hybridized carbons (Fsp3) is 0.0556. The number of ether oxygens (including phenoxy) is 1. The first-order valence-electron chi connectivity index (χ1n) is 7.34. The van der Waals surface area contributed by atoms with Crippen LogP contribution in [0.25, 0.3) is 23.1 Å². The third-order valence-corrected chi connectivity index (χ3v) is 3.92. The molecule has 0 fully saturated rings. The van der Waals surface area contributed by atoms with Crippen LogP contribution < -0.4 is 10.3 Å². The molecule has 3 aromatic rings. The van der Waals surface area contributed by atoms with E-state index in [9.17, 15) is 4.79 Å². The smallest absolute Gasteiger partial charge is 0.259 e.